The molecule has 24 heavy (non-hydrogen) atoms. The summed E-state index contributed by atoms with van der Waals surface area (Å²) in [4.78, 5) is 38.5. The number of fused-ring (bicyclic) bond motifs is 1. The zero-order valence-corrected chi connectivity index (χ0v) is 13.6. The van der Waals surface area contributed by atoms with Crippen molar-refractivity contribution in [3.8, 4) is 0 Å². The molecule has 0 spiro atoms. The SMILES string of the molecule is CCc1ccccc1NC(=O)C(C)N1C(=O)c2ccccc2C1=O. The van der Waals surface area contributed by atoms with Gasteiger partial charge in [-0.3, -0.25) is 19.3 Å². The Bertz CT molecular complexity index is 794. The number of amides is 3. The maximum Gasteiger partial charge on any atom is 0.262 e. The molecule has 0 saturated carbocycles. The first kappa shape index (κ1) is 15.9. The lowest BCUT2D eigenvalue weighted by Gasteiger charge is -2.22. The van der Waals surface area contributed by atoms with Crippen molar-refractivity contribution in [1.29, 1.82) is 0 Å². The number of imide groups is 1. The van der Waals surface area contributed by atoms with Crippen molar-refractivity contribution in [1.82, 2.24) is 4.90 Å². The highest BCUT2D eigenvalue weighted by atomic mass is 16.2. The van der Waals surface area contributed by atoms with Crippen molar-refractivity contribution in [2.24, 2.45) is 0 Å². The molecule has 0 fully saturated rings. The smallest absolute Gasteiger partial charge is 0.262 e. The van der Waals surface area contributed by atoms with Crippen molar-refractivity contribution >= 4 is 23.4 Å². The number of hydrogen-bond donors (Lipinski definition) is 1. The second-order valence-corrected chi connectivity index (χ2v) is 5.70. The summed E-state index contributed by atoms with van der Waals surface area (Å²) < 4.78 is 0. The fourth-order valence-corrected chi connectivity index (χ4v) is 2.86. The minimum atomic E-state index is -0.887. The molecule has 0 aliphatic carbocycles. The summed E-state index contributed by atoms with van der Waals surface area (Å²) in [6, 6.07) is 13.2. The monoisotopic (exact) mass is 322 g/mol. The van der Waals surface area contributed by atoms with E-state index in [1.165, 1.54) is 0 Å². The number of aryl methyl sites for hydroxylation is 1. The van der Waals surface area contributed by atoms with Gasteiger partial charge in [-0.25, -0.2) is 0 Å². The van der Waals surface area contributed by atoms with E-state index < -0.39 is 17.9 Å². The van der Waals surface area contributed by atoms with Crippen LogP contribution < -0.4 is 5.32 Å². The van der Waals surface area contributed by atoms with Crippen molar-refractivity contribution in [3.05, 3.63) is 65.2 Å². The molecule has 5 nitrogen and oxygen atoms in total. The third-order valence-electron chi connectivity index (χ3n) is 4.25. The number of anilines is 1. The van der Waals surface area contributed by atoms with E-state index >= 15 is 0 Å². The van der Waals surface area contributed by atoms with Crippen LogP contribution in [0.25, 0.3) is 0 Å². The lowest BCUT2D eigenvalue weighted by Crippen LogP contribution is -2.45. The number of carbonyl (C=O) groups is 3. The Labute approximate surface area is 140 Å². The van der Waals surface area contributed by atoms with Crippen LogP contribution in [-0.2, 0) is 11.2 Å². The zero-order valence-electron chi connectivity index (χ0n) is 13.6. The minimum absolute atomic E-state index is 0.344. The van der Waals surface area contributed by atoms with E-state index in [2.05, 4.69) is 5.32 Å². The topological polar surface area (TPSA) is 66.5 Å². The first-order valence-electron chi connectivity index (χ1n) is 7.90. The number of benzene rings is 2. The third-order valence-corrected chi connectivity index (χ3v) is 4.25. The standard InChI is InChI=1S/C19H18N2O3/c1-3-13-8-4-7-11-16(13)20-17(22)12(2)21-18(23)14-9-5-6-10-15(14)19(21)24/h4-12H,3H2,1-2H3,(H,20,22). The minimum Gasteiger partial charge on any atom is -0.324 e. The number of hydrogen-bond acceptors (Lipinski definition) is 3. The second-order valence-electron chi connectivity index (χ2n) is 5.70. The maximum absolute atomic E-state index is 12.6. The summed E-state index contributed by atoms with van der Waals surface area (Å²) in [5.41, 5.74) is 2.39. The Balaban J connectivity index is 1.82. The number of nitrogens with zero attached hydrogens (tertiary/aromatic N) is 1. The summed E-state index contributed by atoms with van der Waals surface area (Å²) in [5, 5.41) is 2.82. The highest BCUT2D eigenvalue weighted by molar-refractivity contribution is 6.23. The van der Waals surface area contributed by atoms with E-state index in [1.807, 2.05) is 31.2 Å². The number of carbonyl (C=O) groups excluding carboxylic acids is 3. The van der Waals surface area contributed by atoms with Crippen molar-refractivity contribution in [2.45, 2.75) is 26.3 Å². The Hall–Kier alpha value is -2.95. The summed E-state index contributed by atoms with van der Waals surface area (Å²) in [5.74, 6) is -1.24. The van der Waals surface area contributed by atoms with Crippen molar-refractivity contribution in [2.75, 3.05) is 5.32 Å². The molecule has 2 aromatic carbocycles. The van der Waals surface area contributed by atoms with Crippen LogP contribution in [0.3, 0.4) is 0 Å². The highest BCUT2D eigenvalue weighted by Crippen LogP contribution is 2.25. The van der Waals surface area contributed by atoms with E-state index in [9.17, 15) is 14.4 Å². The van der Waals surface area contributed by atoms with Gasteiger partial charge in [-0.15, -0.1) is 0 Å². The van der Waals surface area contributed by atoms with Gasteiger partial charge < -0.3 is 5.32 Å². The van der Waals surface area contributed by atoms with Gasteiger partial charge in [0.05, 0.1) is 11.1 Å². The Morgan fingerprint density at radius 2 is 1.54 bits per heavy atom. The van der Waals surface area contributed by atoms with Crippen molar-refractivity contribution in [3.63, 3.8) is 0 Å². The molecule has 1 atom stereocenters. The number of para-hydroxylation sites is 1. The first-order chi connectivity index (χ1) is 11.5. The Kier molecular flexibility index (Phi) is 4.16. The Morgan fingerprint density at radius 1 is 1.00 bits per heavy atom. The number of nitrogens with one attached hydrogen (secondary N) is 1. The molecule has 5 heteroatoms. The molecule has 122 valence electrons. The molecule has 3 amide bonds. The molecule has 3 rings (SSSR count). The zero-order chi connectivity index (χ0) is 17.3. The predicted molar refractivity (Wildman–Crippen MR) is 90.9 cm³/mol. The van der Waals surface area contributed by atoms with Gasteiger partial charge in [-0.05, 0) is 37.1 Å². The average molecular weight is 322 g/mol. The molecule has 1 N–H and O–H groups in total. The summed E-state index contributed by atoms with van der Waals surface area (Å²) in [6.45, 7) is 3.56. The summed E-state index contributed by atoms with van der Waals surface area (Å²) >= 11 is 0. The van der Waals surface area contributed by atoms with E-state index in [0.29, 0.717) is 16.8 Å². The fraction of sp³-hybridized carbons (Fsp3) is 0.211. The molecule has 1 aliphatic rings. The molecular weight excluding hydrogens is 304 g/mol. The molecule has 0 saturated heterocycles. The van der Waals surface area contributed by atoms with Crippen LogP contribution in [0.15, 0.2) is 48.5 Å². The van der Waals surface area contributed by atoms with Gasteiger partial charge in [-0.2, -0.15) is 0 Å². The largest absolute Gasteiger partial charge is 0.324 e. The van der Waals surface area contributed by atoms with Gasteiger partial charge >= 0.3 is 0 Å². The molecule has 0 bridgehead atoms. The van der Waals surface area contributed by atoms with E-state index in [4.69, 9.17) is 0 Å². The van der Waals surface area contributed by atoms with Gasteiger partial charge in [0.2, 0.25) is 5.91 Å². The van der Waals surface area contributed by atoms with Gasteiger partial charge in [0, 0.05) is 5.69 Å². The van der Waals surface area contributed by atoms with Crippen LogP contribution in [-0.4, -0.2) is 28.7 Å². The van der Waals surface area contributed by atoms with Crippen LogP contribution in [0.2, 0.25) is 0 Å². The van der Waals surface area contributed by atoms with Gasteiger partial charge in [0.25, 0.3) is 11.8 Å². The summed E-state index contributed by atoms with van der Waals surface area (Å²) in [7, 11) is 0. The lowest BCUT2D eigenvalue weighted by molar-refractivity contribution is -0.119. The highest BCUT2D eigenvalue weighted by Gasteiger charge is 2.40. The van der Waals surface area contributed by atoms with E-state index in [-0.39, 0.29) is 5.91 Å². The molecule has 1 aliphatic heterocycles. The molecule has 0 aromatic heterocycles. The van der Waals surface area contributed by atoms with E-state index in [1.54, 1.807) is 31.2 Å². The van der Waals surface area contributed by atoms with Gasteiger partial charge in [0.15, 0.2) is 0 Å². The first-order valence-corrected chi connectivity index (χ1v) is 7.90. The van der Waals surface area contributed by atoms with E-state index in [0.717, 1.165) is 16.9 Å². The lowest BCUT2D eigenvalue weighted by atomic mass is 10.1. The molecule has 1 heterocycles. The molecule has 1 unspecified atom stereocenters. The third kappa shape index (κ3) is 2.58. The summed E-state index contributed by atoms with van der Waals surface area (Å²) in [6.07, 6.45) is 0.776. The molecule has 2 aromatic rings. The van der Waals surface area contributed by atoms with Crippen LogP contribution in [0, 0.1) is 0 Å². The molecular formula is C19H18N2O3. The normalized spacial score (nSPS) is 14.5. The van der Waals surface area contributed by atoms with Gasteiger partial charge in [0.1, 0.15) is 6.04 Å². The number of rotatable bonds is 4. The fourth-order valence-electron chi connectivity index (χ4n) is 2.86. The van der Waals surface area contributed by atoms with Crippen LogP contribution >= 0.6 is 0 Å². The van der Waals surface area contributed by atoms with Crippen LogP contribution in [0.5, 0.6) is 0 Å². The van der Waals surface area contributed by atoms with Crippen LogP contribution in [0.4, 0.5) is 5.69 Å². The molecule has 0 radical (unpaired) electrons. The predicted octanol–water partition coefficient (Wildman–Crippen LogP) is 2.87. The van der Waals surface area contributed by atoms with Gasteiger partial charge in [-0.1, -0.05) is 37.3 Å². The second kappa shape index (κ2) is 6.28. The maximum atomic E-state index is 12.6. The van der Waals surface area contributed by atoms with Crippen LogP contribution in [0.1, 0.15) is 40.1 Å². The average Bonchev–Trinajstić information content (AvgIpc) is 2.86. The quantitative estimate of drug-likeness (QED) is 0.880. The Morgan fingerprint density at radius 3 is 2.12 bits per heavy atom. The van der Waals surface area contributed by atoms with Crippen molar-refractivity contribution < 1.29 is 14.4 Å².